The summed E-state index contributed by atoms with van der Waals surface area (Å²) in [5.74, 6) is -0.500. The van der Waals surface area contributed by atoms with Crippen molar-refractivity contribution in [1.29, 1.82) is 0 Å². The Bertz CT molecular complexity index is 1690. The van der Waals surface area contributed by atoms with Crippen molar-refractivity contribution >= 4 is 44.6 Å². The fourth-order valence-corrected chi connectivity index (χ4v) is 5.70. The molecule has 0 saturated carbocycles. The molecule has 3 heterocycles. The molecule has 0 bridgehead atoms. The van der Waals surface area contributed by atoms with Gasteiger partial charge < -0.3 is 5.32 Å². The number of aromatic nitrogens is 4. The van der Waals surface area contributed by atoms with E-state index in [9.17, 15) is 19.7 Å². The van der Waals surface area contributed by atoms with E-state index in [4.69, 9.17) is 4.98 Å². The molecule has 174 valence electrons. The van der Waals surface area contributed by atoms with Crippen LogP contribution in [-0.4, -0.2) is 30.0 Å². The number of carbonyl (C=O) groups is 1. The highest BCUT2D eigenvalue weighted by Crippen LogP contribution is 2.34. The Morgan fingerprint density at radius 1 is 1.06 bits per heavy atom. The first kappa shape index (κ1) is 21.2. The fourth-order valence-electron chi connectivity index (χ4n) is 4.46. The molecule has 6 rings (SSSR count). The molecule has 0 unspecified atom stereocenters. The van der Waals surface area contributed by atoms with E-state index in [0.29, 0.717) is 21.6 Å². The molecule has 0 aliphatic heterocycles. The molecule has 1 aliphatic rings. The van der Waals surface area contributed by atoms with E-state index >= 15 is 0 Å². The van der Waals surface area contributed by atoms with E-state index in [1.165, 1.54) is 44.7 Å². The van der Waals surface area contributed by atoms with Gasteiger partial charge in [-0.3, -0.25) is 19.7 Å². The lowest BCUT2D eigenvalue weighted by Crippen LogP contribution is -2.23. The number of carbonyl (C=O) groups excluding carboxylic acids is 1. The second kappa shape index (κ2) is 8.13. The Hall–Kier alpha value is -4.38. The van der Waals surface area contributed by atoms with Crippen LogP contribution in [-0.2, 0) is 12.8 Å². The third kappa shape index (κ3) is 3.48. The van der Waals surface area contributed by atoms with Gasteiger partial charge in [-0.2, -0.15) is 4.68 Å². The Balaban J connectivity index is 1.60. The maximum Gasteiger partial charge on any atom is 0.294 e. The molecule has 1 amide bonds. The minimum atomic E-state index is -0.561. The summed E-state index contributed by atoms with van der Waals surface area (Å²) in [6, 6.07) is 14.6. The Morgan fingerprint density at radius 2 is 1.80 bits per heavy atom. The highest BCUT2D eigenvalue weighted by Gasteiger charge is 2.26. The van der Waals surface area contributed by atoms with Crippen molar-refractivity contribution in [3.63, 3.8) is 0 Å². The monoisotopic (exact) mass is 486 g/mol. The molecule has 35 heavy (non-hydrogen) atoms. The number of benzene rings is 2. The fraction of sp³-hybridized carbons (Fsp3) is 0.167. The number of amides is 1. The molecule has 3 aromatic heterocycles. The number of rotatable bonds is 4. The zero-order valence-electron chi connectivity index (χ0n) is 18.3. The van der Waals surface area contributed by atoms with Crippen LogP contribution in [0.5, 0.6) is 0 Å². The summed E-state index contributed by atoms with van der Waals surface area (Å²) in [6.07, 6.45) is 3.79. The average Bonchev–Trinajstić information content (AvgIpc) is 3.44. The van der Waals surface area contributed by atoms with E-state index in [0.717, 1.165) is 36.1 Å². The first-order valence-electron chi connectivity index (χ1n) is 11.1. The second-order valence-electron chi connectivity index (χ2n) is 8.27. The van der Waals surface area contributed by atoms with Crippen LogP contribution in [0.25, 0.3) is 21.7 Å². The van der Waals surface area contributed by atoms with Gasteiger partial charge in [0.15, 0.2) is 0 Å². The molecule has 5 aromatic rings. The normalized spacial score (nSPS) is 13.1. The van der Waals surface area contributed by atoms with E-state index in [-0.39, 0.29) is 22.8 Å². The number of nitro benzene ring substituents is 1. The van der Waals surface area contributed by atoms with Gasteiger partial charge in [0.05, 0.1) is 16.0 Å². The predicted molar refractivity (Wildman–Crippen MR) is 132 cm³/mol. The standard InChI is InChI=1S/C24H18N6O4S/c31-21(25-14-6-2-1-3-7-14)20-27-29(15-10-12-16(13-11-15)30(33)34)24-26-22-19(23(32)28(20)24)17-8-4-5-9-18(17)35-22/h1-3,6-7,10-13H,4-5,8-9H2,(H,25,31). The lowest BCUT2D eigenvalue weighted by atomic mass is 9.97. The Morgan fingerprint density at radius 3 is 2.54 bits per heavy atom. The third-order valence-electron chi connectivity index (χ3n) is 6.11. The minimum Gasteiger partial charge on any atom is -0.319 e. The molecule has 0 saturated heterocycles. The number of nitrogens with zero attached hydrogens (tertiary/aromatic N) is 5. The maximum absolute atomic E-state index is 13.8. The number of hydrogen-bond acceptors (Lipinski definition) is 7. The molecule has 0 spiro atoms. The van der Waals surface area contributed by atoms with Crippen molar-refractivity contribution in [1.82, 2.24) is 19.2 Å². The summed E-state index contributed by atoms with van der Waals surface area (Å²) in [4.78, 5) is 44.2. The molecule has 0 fully saturated rings. The first-order chi connectivity index (χ1) is 17.0. The van der Waals surface area contributed by atoms with Gasteiger partial charge in [-0.25, -0.2) is 9.38 Å². The van der Waals surface area contributed by atoms with Gasteiger partial charge in [0.1, 0.15) is 4.83 Å². The molecule has 0 radical (unpaired) electrons. The van der Waals surface area contributed by atoms with Crippen molar-refractivity contribution in [2.24, 2.45) is 0 Å². The van der Waals surface area contributed by atoms with E-state index in [1.54, 1.807) is 24.3 Å². The van der Waals surface area contributed by atoms with Crippen LogP contribution >= 0.6 is 11.3 Å². The quantitative estimate of drug-likeness (QED) is 0.301. The summed E-state index contributed by atoms with van der Waals surface area (Å²) < 4.78 is 2.62. The van der Waals surface area contributed by atoms with Crippen LogP contribution in [0.4, 0.5) is 11.4 Å². The van der Waals surface area contributed by atoms with Crippen LogP contribution in [0, 0.1) is 10.1 Å². The van der Waals surface area contributed by atoms with Gasteiger partial charge in [-0.15, -0.1) is 16.4 Å². The second-order valence-corrected chi connectivity index (χ2v) is 9.36. The van der Waals surface area contributed by atoms with Gasteiger partial charge in [-0.1, -0.05) is 18.2 Å². The van der Waals surface area contributed by atoms with Crippen molar-refractivity contribution in [3.05, 3.63) is 91.3 Å². The number of nitro groups is 1. The molecular formula is C24H18N6O4S. The number of fused-ring (bicyclic) bond motifs is 4. The molecule has 10 nitrogen and oxygen atoms in total. The predicted octanol–water partition coefficient (Wildman–Crippen LogP) is 4.13. The van der Waals surface area contributed by atoms with Gasteiger partial charge in [0, 0.05) is 22.7 Å². The van der Waals surface area contributed by atoms with Gasteiger partial charge in [0.25, 0.3) is 17.2 Å². The van der Waals surface area contributed by atoms with Crippen LogP contribution in [0.15, 0.2) is 59.4 Å². The lowest BCUT2D eigenvalue weighted by molar-refractivity contribution is -0.384. The molecule has 11 heteroatoms. The summed E-state index contributed by atoms with van der Waals surface area (Å²) in [6.45, 7) is 0. The molecule has 0 atom stereocenters. The number of para-hydroxylation sites is 1. The first-order valence-corrected chi connectivity index (χ1v) is 11.9. The summed E-state index contributed by atoms with van der Waals surface area (Å²) in [5, 5.41) is 18.9. The van der Waals surface area contributed by atoms with Gasteiger partial charge in [0.2, 0.25) is 11.6 Å². The highest BCUT2D eigenvalue weighted by atomic mass is 32.1. The zero-order chi connectivity index (χ0) is 24.1. The molecular weight excluding hydrogens is 468 g/mol. The number of aryl methyl sites for hydroxylation is 2. The van der Waals surface area contributed by atoms with Crippen molar-refractivity contribution in [2.45, 2.75) is 25.7 Å². The van der Waals surface area contributed by atoms with Gasteiger partial charge >= 0.3 is 0 Å². The number of non-ortho nitro benzene ring substituents is 1. The topological polar surface area (TPSA) is 124 Å². The number of nitrogens with one attached hydrogen (secondary N) is 1. The van der Waals surface area contributed by atoms with Crippen molar-refractivity contribution < 1.29 is 9.72 Å². The number of hydrogen-bond donors (Lipinski definition) is 1. The lowest BCUT2D eigenvalue weighted by Gasteiger charge is -2.09. The smallest absolute Gasteiger partial charge is 0.294 e. The molecule has 1 aliphatic carbocycles. The minimum absolute atomic E-state index is 0.0781. The van der Waals surface area contributed by atoms with E-state index < -0.39 is 10.8 Å². The van der Waals surface area contributed by atoms with E-state index in [1.807, 2.05) is 6.07 Å². The van der Waals surface area contributed by atoms with Crippen LogP contribution < -0.4 is 10.9 Å². The average molecular weight is 487 g/mol. The summed E-state index contributed by atoms with van der Waals surface area (Å²) in [5.41, 5.74) is 1.60. The van der Waals surface area contributed by atoms with Crippen molar-refractivity contribution in [2.75, 3.05) is 5.32 Å². The third-order valence-corrected chi connectivity index (χ3v) is 7.29. The number of anilines is 1. The van der Waals surface area contributed by atoms with Crippen LogP contribution in [0.2, 0.25) is 0 Å². The molecule has 1 N–H and O–H groups in total. The Kier molecular flexibility index (Phi) is 4.92. The summed E-state index contributed by atoms with van der Waals surface area (Å²) in [7, 11) is 0. The highest BCUT2D eigenvalue weighted by molar-refractivity contribution is 7.18. The largest absolute Gasteiger partial charge is 0.319 e. The van der Waals surface area contributed by atoms with Gasteiger partial charge in [-0.05, 0) is 55.5 Å². The summed E-state index contributed by atoms with van der Waals surface area (Å²) >= 11 is 1.50. The van der Waals surface area contributed by atoms with Crippen molar-refractivity contribution in [3.8, 4) is 5.69 Å². The Labute approximate surface area is 201 Å². The zero-order valence-corrected chi connectivity index (χ0v) is 19.1. The van der Waals surface area contributed by atoms with Crippen LogP contribution in [0.1, 0.15) is 33.9 Å². The molecule has 2 aromatic carbocycles. The maximum atomic E-state index is 13.8. The SMILES string of the molecule is O=C(Nc1ccccc1)c1nn(-c2ccc([N+](=O)[O-])cc2)c2nc3sc4c(c3c(=O)n12)CCCC4. The number of thiophene rings is 1. The van der Waals surface area contributed by atoms with Crippen LogP contribution in [0.3, 0.4) is 0 Å². The van der Waals surface area contributed by atoms with E-state index in [2.05, 4.69) is 10.4 Å².